The summed E-state index contributed by atoms with van der Waals surface area (Å²) in [5, 5.41) is 6.30. The fraction of sp³-hybridized carbons (Fsp3) is 0.533. The number of benzene rings is 1. The molecule has 20 heavy (non-hydrogen) atoms. The Labute approximate surface area is 128 Å². The van der Waals surface area contributed by atoms with Crippen LogP contribution in [0.25, 0.3) is 0 Å². The number of nitrogens with one attached hydrogen (secondary N) is 2. The zero-order valence-corrected chi connectivity index (χ0v) is 13.7. The molecule has 0 bridgehead atoms. The number of carbonyl (C=O) groups excluding carboxylic acids is 1. The van der Waals surface area contributed by atoms with E-state index in [-0.39, 0.29) is 18.1 Å². The maximum absolute atomic E-state index is 12.3. The minimum Gasteiger partial charge on any atom is -0.380 e. The quantitative estimate of drug-likeness (QED) is 0.883. The second kappa shape index (κ2) is 6.24. The number of rotatable bonds is 4. The van der Waals surface area contributed by atoms with Crippen LogP contribution in [-0.4, -0.2) is 31.7 Å². The first-order valence-electron chi connectivity index (χ1n) is 6.76. The van der Waals surface area contributed by atoms with E-state index in [1.807, 2.05) is 38.1 Å². The lowest BCUT2D eigenvalue weighted by atomic mass is 9.94. The average molecular weight is 341 g/mol. The van der Waals surface area contributed by atoms with Crippen LogP contribution in [0.5, 0.6) is 0 Å². The fourth-order valence-corrected chi connectivity index (χ4v) is 2.68. The van der Waals surface area contributed by atoms with E-state index in [0.29, 0.717) is 0 Å². The highest BCUT2D eigenvalue weighted by atomic mass is 79.9. The molecule has 0 aliphatic carbocycles. The van der Waals surface area contributed by atoms with E-state index in [1.54, 1.807) is 7.11 Å². The van der Waals surface area contributed by atoms with E-state index in [1.165, 1.54) is 0 Å². The number of hydrogen-bond acceptors (Lipinski definition) is 3. The summed E-state index contributed by atoms with van der Waals surface area (Å²) in [5.74, 6) is 0.0254. The van der Waals surface area contributed by atoms with Crippen molar-refractivity contribution in [2.75, 3.05) is 13.7 Å². The van der Waals surface area contributed by atoms with E-state index >= 15 is 0 Å². The molecular weight excluding hydrogens is 320 g/mol. The number of hydrogen-bond donors (Lipinski definition) is 2. The summed E-state index contributed by atoms with van der Waals surface area (Å²) in [5.41, 5.74) is 0.681. The van der Waals surface area contributed by atoms with Crippen molar-refractivity contribution in [3.05, 3.63) is 34.3 Å². The van der Waals surface area contributed by atoms with Gasteiger partial charge in [-0.05, 0) is 38.0 Å². The molecule has 0 spiro atoms. The van der Waals surface area contributed by atoms with E-state index in [2.05, 4.69) is 26.6 Å². The first kappa shape index (κ1) is 15.5. The summed E-state index contributed by atoms with van der Waals surface area (Å²) in [6.45, 7) is 4.75. The number of carbonyl (C=O) groups is 1. The predicted molar refractivity (Wildman–Crippen MR) is 82.5 cm³/mol. The molecule has 2 N–H and O–H groups in total. The third kappa shape index (κ3) is 3.59. The highest BCUT2D eigenvalue weighted by Gasteiger charge is 2.32. The first-order valence-corrected chi connectivity index (χ1v) is 7.56. The molecule has 110 valence electrons. The van der Waals surface area contributed by atoms with Crippen LogP contribution < -0.4 is 10.6 Å². The highest BCUT2D eigenvalue weighted by Crippen LogP contribution is 2.23. The topological polar surface area (TPSA) is 50.4 Å². The van der Waals surface area contributed by atoms with Crippen LogP contribution in [0.15, 0.2) is 28.7 Å². The summed E-state index contributed by atoms with van der Waals surface area (Å²) < 4.78 is 6.30. The monoisotopic (exact) mass is 340 g/mol. The molecule has 1 saturated heterocycles. The zero-order chi connectivity index (χ0) is 14.8. The smallest absolute Gasteiger partial charge is 0.237 e. The van der Waals surface area contributed by atoms with Gasteiger partial charge in [0.2, 0.25) is 5.91 Å². The molecule has 0 aromatic heterocycles. The fourth-order valence-electron chi connectivity index (χ4n) is 2.42. The van der Waals surface area contributed by atoms with Crippen LogP contribution in [0.1, 0.15) is 25.8 Å². The lowest BCUT2D eigenvalue weighted by Gasteiger charge is -2.28. The van der Waals surface area contributed by atoms with Crippen molar-refractivity contribution < 1.29 is 9.53 Å². The summed E-state index contributed by atoms with van der Waals surface area (Å²) in [6, 6.07) is 7.83. The van der Waals surface area contributed by atoms with Gasteiger partial charge in [0.25, 0.3) is 0 Å². The van der Waals surface area contributed by atoms with Gasteiger partial charge in [-0.2, -0.15) is 0 Å². The molecule has 0 saturated carbocycles. The minimum absolute atomic E-state index is 0.0254. The second-order valence-corrected chi connectivity index (χ2v) is 6.59. The standard InChI is InChI=1S/C15H21BrN2O2/c1-15(2,10-4-6-11(16)7-5-10)18-14(19)13-8-12(20-3)9-17-13/h4-7,12-13,17H,8-9H2,1-3H3,(H,18,19). The van der Waals surface area contributed by atoms with E-state index in [9.17, 15) is 4.79 Å². The number of halogens is 1. The predicted octanol–water partition coefficient (Wildman–Crippen LogP) is 2.18. The van der Waals surface area contributed by atoms with Crippen molar-refractivity contribution in [3.63, 3.8) is 0 Å². The van der Waals surface area contributed by atoms with Gasteiger partial charge in [0.1, 0.15) is 0 Å². The van der Waals surface area contributed by atoms with Gasteiger partial charge in [-0.1, -0.05) is 28.1 Å². The molecule has 1 aromatic carbocycles. The molecule has 1 amide bonds. The summed E-state index contributed by atoms with van der Waals surface area (Å²) in [6.07, 6.45) is 0.847. The van der Waals surface area contributed by atoms with Crippen molar-refractivity contribution in [1.29, 1.82) is 0 Å². The van der Waals surface area contributed by atoms with E-state index < -0.39 is 5.54 Å². The Morgan fingerprint density at radius 3 is 2.60 bits per heavy atom. The summed E-state index contributed by atoms with van der Waals surface area (Å²) in [4.78, 5) is 12.3. The van der Waals surface area contributed by atoms with Crippen molar-refractivity contribution in [3.8, 4) is 0 Å². The van der Waals surface area contributed by atoms with E-state index in [0.717, 1.165) is 23.0 Å². The SMILES string of the molecule is COC1CNC(C(=O)NC(C)(C)c2ccc(Br)cc2)C1. The Hall–Kier alpha value is -0.910. The molecule has 2 unspecified atom stereocenters. The van der Waals surface area contributed by atoms with Gasteiger partial charge in [0.05, 0.1) is 17.7 Å². The van der Waals surface area contributed by atoms with Crippen LogP contribution in [0.3, 0.4) is 0 Å². The van der Waals surface area contributed by atoms with Crippen molar-refractivity contribution in [2.24, 2.45) is 0 Å². The number of ether oxygens (including phenoxy) is 1. The van der Waals surface area contributed by atoms with Crippen molar-refractivity contribution >= 4 is 21.8 Å². The Morgan fingerprint density at radius 1 is 1.40 bits per heavy atom. The Balaban J connectivity index is 2.01. The van der Waals surface area contributed by atoms with Crippen LogP contribution in [-0.2, 0) is 15.1 Å². The largest absolute Gasteiger partial charge is 0.380 e. The highest BCUT2D eigenvalue weighted by molar-refractivity contribution is 9.10. The van der Waals surface area contributed by atoms with E-state index in [4.69, 9.17) is 4.74 Å². The van der Waals surface area contributed by atoms with Gasteiger partial charge >= 0.3 is 0 Å². The molecule has 4 nitrogen and oxygen atoms in total. The van der Waals surface area contributed by atoms with Crippen LogP contribution in [0.2, 0.25) is 0 Å². The molecule has 1 heterocycles. The normalized spacial score (nSPS) is 22.8. The van der Waals surface area contributed by atoms with Crippen LogP contribution in [0, 0.1) is 0 Å². The lowest BCUT2D eigenvalue weighted by molar-refractivity contribution is -0.124. The Kier molecular flexibility index (Phi) is 4.83. The summed E-state index contributed by atoms with van der Waals surface area (Å²) >= 11 is 3.42. The molecule has 1 fully saturated rings. The maximum Gasteiger partial charge on any atom is 0.237 e. The number of methoxy groups -OCH3 is 1. The molecule has 1 aromatic rings. The molecule has 5 heteroatoms. The van der Waals surface area contributed by atoms with Crippen molar-refractivity contribution in [1.82, 2.24) is 10.6 Å². The molecular formula is C15H21BrN2O2. The Bertz CT molecular complexity index is 473. The number of amides is 1. The van der Waals surface area contributed by atoms with Gasteiger partial charge < -0.3 is 15.4 Å². The third-order valence-electron chi connectivity index (χ3n) is 3.74. The van der Waals surface area contributed by atoms with Crippen LogP contribution >= 0.6 is 15.9 Å². The first-order chi connectivity index (χ1) is 9.42. The molecule has 0 radical (unpaired) electrons. The molecule has 1 aliphatic rings. The van der Waals surface area contributed by atoms with Crippen LogP contribution in [0.4, 0.5) is 0 Å². The van der Waals surface area contributed by atoms with Gasteiger partial charge in [0.15, 0.2) is 0 Å². The Morgan fingerprint density at radius 2 is 2.05 bits per heavy atom. The van der Waals surface area contributed by atoms with Gasteiger partial charge in [-0.25, -0.2) is 0 Å². The van der Waals surface area contributed by atoms with Gasteiger partial charge in [0, 0.05) is 18.1 Å². The zero-order valence-electron chi connectivity index (χ0n) is 12.1. The maximum atomic E-state index is 12.3. The van der Waals surface area contributed by atoms with Crippen molar-refractivity contribution in [2.45, 2.75) is 38.0 Å². The molecule has 2 atom stereocenters. The van der Waals surface area contributed by atoms with Gasteiger partial charge in [-0.15, -0.1) is 0 Å². The second-order valence-electron chi connectivity index (χ2n) is 5.68. The average Bonchev–Trinajstić information content (AvgIpc) is 2.87. The molecule has 1 aliphatic heterocycles. The van der Waals surface area contributed by atoms with Gasteiger partial charge in [-0.3, -0.25) is 4.79 Å². The minimum atomic E-state index is -0.398. The third-order valence-corrected chi connectivity index (χ3v) is 4.27. The molecule has 2 rings (SSSR count). The summed E-state index contributed by atoms with van der Waals surface area (Å²) in [7, 11) is 1.68. The lowest BCUT2D eigenvalue weighted by Crippen LogP contribution is -2.48.